The van der Waals surface area contributed by atoms with Crippen LogP contribution in [0.3, 0.4) is 0 Å². The number of nitrogens with zero attached hydrogens (tertiary/aromatic N) is 3. The SMILES string of the molecule is C=CN1C(=C)CN(C(=O)N2CCC(F)C2)C[C@H]1C. The van der Waals surface area contributed by atoms with Crippen molar-refractivity contribution in [2.75, 3.05) is 26.2 Å². The molecule has 0 aromatic rings. The molecular formula is C13H20FN3O. The molecule has 2 heterocycles. The molecule has 2 atom stereocenters. The number of piperazine rings is 1. The second kappa shape index (κ2) is 5.00. The number of hydrogen-bond acceptors (Lipinski definition) is 2. The lowest BCUT2D eigenvalue weighted by molar-refractivity contribution is 0.130. The molecule has 0 radical (unpaired) electrons. The Kier molecular flexibility index (Phi) is 3.59. The minimum absolute atomic E-state index is 0.0770. The van der Waals surface area contributed by atoms with E-state index in [-0.39, 0.29) is 18.6 Å². The van der Waals surface area contributed by atoms with Crippen LogP contribution in [-0.2, 0) is 0 Å². The Bertz CT molecular complexity index is 371. The molecule has 0 aromatic heterocycles. The summed E-state index contributed by atoms with van der Waals surface area (Å²) in [5, 5.41) is 0. The van der Waals surface area contributed by atoms with Crippen LogP contribution in [-0.4, -0.2) is 59.1 Å². The number of rotatable bonds is 1. The second-order valence-electron chi connectivity index (χ2n) is 5.00. The van der Waals surface area contributed by atoms with E-state index in [1.54, 1.807) is 16.0 Å². The lowest BCUT2D eigenvalue weighted by atomic mass is 10.2. The number of alkyl halides is 1. The van der Waals surface area contributed by atoms with Gasteiger partial charge in [0.05, 0.1) is 13.1 Å². The number of carbonyl (C=O) groups excluding carboxylic acids is 1. The smallest absolute Gasteiger partial charge is 0.320 e. The maximum atomic E-state index is 13.1. The summed E-state index contributed by atoms with van der Waals surface area (Å²) in [4.78, 5) is 17.5. The summed E-state index contributed by atoms with van der Waals surface area (Å²) in [6, 6.07) is 0.0864. The zero-order valence-corrected chi connectivity index (χ0v) is 10.8. The third-order valence-electron chi connectivity index (χ3n) is 3.57. The van der Waals surface area contributed by atoms with Gasteiger partial charge in [-0.25, -0.2) is 9.18 Å². The molecule has 4 nitrogen and oxygen atoms in total. The third kappa shape index (κ3) is 2.35. The largest absolute Gasteiger partial charge is 0.346 e. The fraction of sp³-hybridized carbons (Fsp3) is 0.615. The van der Waals surface area contributed by atoms with Gasteiger partial charge in [-0.15, -0.1) is 0 Å². The number of hydrogen-bond donors (Lipinski definition) is 0. The molecule has 18 heavy (non-hydrogen) atoms. The summed E-state index contributed by atoms with van der Waals surface area (Å²) in [5.41, 5.74) is 0.855. The van der Waals surface area contributed by atoms with Crippen molar-refractivity contribution in [2.45, 2.75) is 25.6 Å². The van der Waals surface area contributed by atoms with Crippen molar-refractivity contribution in [3.63, 3.8) is 0 Å². The molecule has 0 bridgehead atoms. The van der Waals surface area contributed by atoms with Crippen molar-refractivity contribution in [3.8, 4) is 0 Å². The maximum Gasteiger partial charge on any atom is 0.320 e. The highest BCUT2D eigenvalue weighted by Crippen LogP contribution is 2.21. The standard InChI is InChI=1S/C13H20FN3O/c1-4-17-10(2)7-16(8-11(17)3)13(18)15-6-5-12(14)9-15/h4,11-12H,1-2,5-9H2,3H3/t11-,12?/m1/s1. The van der Waals surface area contributed by atoms with Crippen LogP contribution < -0.4 is 0 Å². The molecule has 2 aliphatic rings. The molecule has 2 saturated heterocycles. The summed E-state index contributed by atoms with van der Waals surface area (Å²) < 4.78 is 13.1. The van der Waals surface area contributed by atoms with E-state index in [2.05, 4.69) is 13.2 Å². The molecule has 0 saturated carbocycles. The van der Waals surface area contributed by atoms with E-state index >= 15 is 0 Å². The average molecular weight is 253 g/mol. The Morgan fingerprint density at radius 2 is 2.17 bits per heavy atom. The van der Waals surface area contributed by atoms with E-state index in [4.69, 9.17) is 0 Å². The van der Waals surface area contributed by atoms with Gasteiger partial charge < -0.3 is 14.7 Å². The van der Waals surface area contributed by atoms with Crippen LogP contribution >= 0.6 is 0 Å². The monoisotopic (exact) mass is 253 g/mol. The Morgan fingerprint density at radius 3 is 2.67 bits per heavy atom. The summed E-state index contributed by atoms with van der Waals surface area (Å²) in [6.07, 6.45) is 1.32. The highest BCUT2D eigenvalue weighted by Gasteiger charge is 2.33. The van der Waals surface area contributed by atoms with Crippen LogP contribution in [0.5, 0.6) is 0 Å². The second-order valence-corrected chi connectivity index (χ2v) is 5.00. The Balaban J connectivity index is 2.00. The number of halogens is 1. The van der Waals surface area contributed by atoms with Crippen molar-refractivity contribution < 1.29 is 9.18 Å². The lowest BCUT2D eigenvalue weighted by Gasteiger charge is -2.41. The molecule has 2 fully saturated rings. The first-order valence-electron chi connectivity index (χ1n) is 6.29. The number of carbonyl (C=O) groups is 1. The number of urea groups is 1. The van der Waals surface area contributed by atoms with E-state index < -0.39 is 6.17 Å². The van der Waals surface area contributed by atoms with Gasteiger partial charge >= 0.3 is 6.03 Å². The van der Waals surface area contributed by atoms with E-state index in [9.17, 15) is 9.18 Å². The predicted octanol–water partition coefficient (Wildman–Crippen LogP) is 1.81. The fourth-order valence-electron chi connectivity index (χ4n) is 2.63. The van der Waals surface area contributed by atoms with Gasteiger partial charge in [-0.3, -0.25) is 0 Å². The van der Waals surface area contributed by atoms with E-state index in [1.807, 2.05) is 11.8 Å². The van der Waals surface area contributed by atoms with Gasteiger partial charge in [0.2, 0.25) is 0 Å². The van der Waals surface area contributed by atoms with Gasteiger partial charge in [-0.05, 0) is 19.5 Å². The zero-order valence-electron chi connectivity index (χ0n) is 10.8. The summed E-state index contributed by atoms with van der Waals surface area (Å²) >= 11 is 0. The minimum Gasteiger partial charge on any atom is -0.346 e. The van der Waals surface area contributed by atoms with Crippen molar-refractivity contribution in [3.05, 3.63) is 25.1 Å². The van der Waals surface area contributed by atoms with Crippen molar-refractivity contribution >= 4 is 6.03 Å². The van der Waals surface area contributed by atoms with Crippen LogP contribution in [0.25, 0.3) is 0 Å². The Morgan fingerprint density at radius 1 is 1.44 bits per heavy atom. The molecule has 0 aromatic carbocycles. The van der Waals surface area contributed by atoms with Crippen molar-refractivity contribution in [1.82, 2.24) is 14.7 Å². The summed E-state index contributed by atoms with van der Waals surface area (Å²) in [7, 11) is 0. The Labute approximate surface area is 107 Å². The Hall–Kier alpha value is -1.52. The van der Waals surface area contributed by atoms with Crippen LogP contribution in [0.4, 0.5) is 9.18 Å². The van der Waals surface area contributed by atoms with Crippen LogP contribution in [0, 0.1) is 0 Å². The lowest BCUT2D eigenvalue weighted by Crippen LogP contribution is -2.53. The fourth-order valence-corrected chi connectivity index (χ4v) is 2.63. The number of amides is 2. The zero-order chi connectivity index (χ0) is 13.3. The molecule has 5 heteroatoms. The first-order valence-corrected chi connectivity index (χ1v) is 6.29. The molecule has 2 rings (SSSR count). The van der Waals surface area contributed by atoms with E-state index in [0.29, 0.717) is 26.1 Å². The molecular weight excluding hydrogens is 233 g/mol. The van der Waals surface area contributed by atoms with Gasteiger partial charge in [0.15, 0.2) is 0 Å². The molecule has 0 N–H and O–H groups in total. The maximum absolute atomic E-state index is 13.1. The van der Waals surface area contributed by atoms with Crippen LogP contribution in [0.15, 0.2) is 25.1 Å². The van der Waals surface area contributed by atoms with Crippen molar-refractivity contribution in [2.24, 2.45) is 0 Å². The predicted molar refractivity (Wildman–Crippen MR) is 68.7 cm³/mol. The average Bonchev–Trinajstić information content (AvgIpc) is 2.74. The van der Waals surface area contributed by atoms with E-state index in [1.165, 1.54) is 0 Å². The molecule has 1 unspecified atom stereocenters. The highest BCUT2D eigenvalue weighted by molar-refractivity contribution is 5.75. The molecule has 100 valence electrons. The molecule has 0 spiro atoms. The van der Waals surface area contributed by atoms with E-state index in [0.717, 1.165) is 5.70 Å². The quantitative estimate of drug-likeness (QED) is 0.712. The molecule has 0 aliphatic carbocycles. The molecule has 2 amide bonds. The number of likely N-dealkylation sites (tertiary alicyclic amines) is 1. The highest BCUT2D eigenvalue weighted by atomic mass is 19.1. The van der Waals surface area contributed by atoms with Crippen molar-refractivity contribution in [1.29, 1.82) is 0 Å². The van der Waals surface area contributed by atoms with Gasteiger partial charge in [0.25, 0.3) is 0 Å². The van der Waals surface area contributed by atoms with Crippen LogP contribution in [0.1, 0.15) is 13.3 Å². The van der Waals surface area contributed by atoms with Gasteiger partial charge in [-0.1, -0.05) is 13.2 Å². The summed E-state index contributed by atoms with van der Waals surface area (Å²) in [6.45, 7) is 11.6. The third-order valence-corrected chi connectivity index (χ3v) is 3.57. The minimum atomic E-state index is -0.871. The first-order chi connectivity index (χ1) is 8.52. The van der Waals surface area contributed by atoms with Gasteiger partial charge in [0, 0.05) is 24.8 Å². The topological polar surface area (TPSA) is 26.8 Å². The normalized spacial score (nSPS) is 28.8. The van der Waals surface area contributed by atoms with Gasteiger partial charge in [0.1, 0.15) is 6.17 Å². The van der Waals surface area contributed by atoms with Crippen LogP contribution in [0.2, 0.25) is 0 Å². The first kappa shape index (κ1) is 12.9. The summed E-state index contributed by atoms with van der Waals surface area (Å²) in [5.74, 6) is 0. The molecule has 2 aliphatic heterocycles. The van der Waals surface area contributed by atoms with Gasteiger partial charge in [-0.2, -0.15) is 0 Å².